The molecule has 0 radical (unpaired) electrons. The Morgan fingerprint density at radius 3 is 2.85 bits per heavy atom. The van der Waals surface area contributed by atoms with Gasteiger partial charge in [0.25, 0.3) is 0 Å². The SMILES string of the molecule is Cc1cccc(N2CCN(C(=O)Nc3ccc4cccnc4c3)C(C)C2)n1. The average Bonchev–Trinajstić information content (AvgIpc) is 2.67. The summed E-state index contributed by atoms with van der Waals surface area (Å²) in [6.07, 6.45) is 1.76. The number of benzene rings is 1. The maximum absolute atomic E-state index is 12.8. The van der Waals surface area contributed by atoms with Crippen LogP contribution in [0.1, 0.15) is 12.6 Å². The maximum Gasteiger partial charge on any atom is 0.322 e. The number of anilines is 2. The van der Waals surface area contributed by atoms with E-state index in [9.17, 15) is 4.79 Å². The molecule has 2 aromatic heterocycles. The van der Waals surface area contributed by atoms with E-state index in [0.717, 1.165) is 41.2 Å². The van der Waals surface area contributed by atoms with Gasteiger partial charge in [-0.05, 0) is 44.2 Å². The Bertz CT molecular complexity index is 973. The standard InChI is InChI=1S/C21H23N5O/c1-15-5-3-7-20(23-15)25-11-12-26(16(2)14-25)21(27)24-18-9-8-17-6-4-10-22-19(17)13-18/h3-10,13,16H,11-12,14H2,1-2H3,(H,24,27). The summed E-state index contributed by atoms with van der Waals surface area (Å²) in [5, 5.41) is 4.07. The average molecular weight is 361 g/mol. The highest BCUT2D eigenvalue weighted by Gasteiger charge is 2.28. The van der Waals surface area contributed by atoms with Crippen LogP contribution in [0.15, 0.2) is 54.7 Å². The number of carbonyl (C=O) groups excluding carboxylic acids is 1. The Labute approximate surface area is 158 Å². The van der Waals surface area contributed by atoms with E-state index in [-0.39, 0.29) is 12.1 Å². The Hall–Kier alpha value is -3.15. The Morgan fingerprint density at radius 2 is 2.04 bits per heavy atom. The molecule has 27 heavy (non-hydrogen) atoms. The number of fused-ring (bicyclic) bond motifs is 1. The first kappa shape index (κ1) is 17.3. The maximum atomic E-state index is 12.8. The van der Waals surface area contributed by atoms with Crippen LogP contribution in [0, 0.1) is 6.92 Å². The van der Waals surface area contributed by atoms with Gasteiger partial charge >= 0.3 is 6.03 Å². The van der Waals surface area contributed by atoms with Gasteiger partial charge in [0.1, 0.15) is 5.82 Å². The summed E-state index contributed by atoms with van der Waals surface area (Å²) in [7, 11) is 0. The van der Waals surface area contributed by atoms with Crippen LogP contribution in [0.4, 0.5) is 16.3 Å². The smallest absolute Gasteiger partial charge is 0.322 e. The van der Waals surface area contributed by atoms with Crippen molar-refractivity contribution in [2.75, 3.05) is 29.9 Å². The van der Waals surface area contributed by atoms with Crippen molar-refractivity contribution in [2.45, 2.75) is 19.9 Å². The van der Waals surface area contributed by atoms with E-state index >= 15 is 0 Å². The van der Waals surface area contributed by atoms with Crippen LogP contribution in [0.2, 0.25) is 0 Å². The number of piperazine rings is 1. The molecule has 1 saturated heterocycles. The van der Waals surface area contributed by atoms with Crippen molar-refractivity contribution in [1.82, 2.24) is 14.9 Å². The molecule has 138 valence electrons. The molecule has 0 bridgehead atoms. The van der Waals surface area contributed by atoms with Gasteiger partial charge in [0.15, 0.2) is 0 Å². The van der Waals surface area contributed by atoms with Gasteiger partial charge in [-0.1, -0.05) is 18.2 Å². The molecule has 0 aliphatic carbocycles. The Morgan fingerprint density at radius 1 is 1.15 bits per heavy atom. The first-order valence-electron chi connectivity index (χ1n) is 9.21. The van der Waals surface area contributed by atoms with Crippen molar-refractivity contribution >= 4 is 28.4 Å². The largest absolute Gasteiger partial charge is 0.353 e. The zero-order valence-corrected chi connectivity index (χ0v) is 15.6. The highest BCUT2D eigenvalue weighted by Crippen LogP contribution is 2.20. The van der Waals surface area contributed by atoms with Crippen LogP contribution in [-0.2, 0) is 0 Å². The number of hydrogen-bond donors (Lipinski definition) is 1. The number of hydrogen-bond acceptors (Lipinski definition) is 4. The lowest BCUT2D eigenvalue weighted by atomic mass is 10.2. The van der Waals surface area contributed by atoms with E-state index in [1.165, 1.54) is 0 Å². The number of nitrogens with one attached hydrogen (secondary N) is 1. The van der Waals surface area contributed by atoms with Crippen LogP contribution >= 0.6 is 0 Å². The highest BCUT2D eigenvalue weighted by atomic mass is 16.2. The molecule has 0 saturated carbocycles. The molecule has 1 N–H and O–H groups in total. The topological polar surface area (TPSA) is 61.4 Å². The fraction of sp³-hybridized carbons (Fsp3) is 0.286. The molecule has 3 heterocycles. The van der Waals surface area contributed by atoms with Gasteiger partial charge in [0, 0.05) is 48.6 Å². The zero-order valence-electron chi connectivity index (χ0n) is 15.6. The molecule has 1 unspecified atom stereocenters. The number of urea groups is 1. The number of carbonyl (C=O) groups is 1. The molecule has 0 spiro atoms. The number of amides is 2. The molecular weight excluding hydrogens is 338 g/mol. The molecule has 1 fully saturated rings. The molecule has 1 atom stereocenters. The zero-order chi connectivity index (χ0) is 18.8. The lowest BCUT2D eigenvalue weighted by Gasteiger charge is -2.40. The summed E-state index contributed by atoms with van der Waals surface area (Å²) in [6.45, 7) is 6.27. The summed E-state index contributed by atoms with van der Waals surface area (Å²) in [5.74, 6) is 0.975. The summed E-state index contributed by atoms with van der Waals surface area (Å²) in [5.41, 5.74) is 2.64. The van der Waals surface area contributed by atoms with Crippen molar-refractivity contribution < 1.29 is 4.79 Å². The van der Waals surface area contributed by atoms with Crippen molar-refractivity contribution in [1.29, 1.82) is 0 Å². The summed E-state index contributed by atoms with van der Waals surface area (Å²) in [6, 6.07) is 15.8. The summed E-state index contributed by atoms with van der Waals surface area (Å²) >= 11 is 0. The number of aromatic nitrogens is 2. The van der Waals surface area contributed by atoms with E-state index < -0.39 is 0 Å². The van der Waals surface area contributed by atoms with Gasteiger partial charge in [-0.25, -0.2) is 9.78 Å². The first-order valence-corrected chi connectivity index (χ1v) is 9.21. The van der Waals surface area contributed by atoms with Crippen molar-refractivity contribution in [3.05, 3.63) is 60.4 Å². The Kier molecular flexibility index (Phi) is 4.62. The Balaban J connectivity index is 1.43. The number of aryl methyl sites for hydroxylation is 1. The van der Waals surface area contributed by atoms with Crippen molar-refractivity contribution in [3.63, 3.8) is 0 Å². The van der Waals surface area contributed by atoms with Crippen molar-refractivity contribution in [2.24, 2.45) is 0 Å². The molecule has 3 aromatic rings. The quantitative estimate of drug-likeness (QED) is 0.756. The minimum atomic E-state index is -0.0744. The second-order valence-corrected chi connectivity index (χ2v) is 6.97. The van der Waals surface area contributed by atoms with Crippen LogP contribution in [-0.4, -0.2) is 46.6 Å². The fourth-order valence-corrected chi connectivity index (χ4v) is 3.51. The number of pyridine rings is 2. The minimum absolute atomic E-state index is 0.0744. The van der Waals surface area contributed by atoms with Crippen LogP contribution in [0.3, 0.4) is 0 Å². The molecule has 1 aliphatic rings. The summed E-state index contributed by atoms with van der Waals surface area (Å²) in [4.78, 5) is 25.8. The molecule has 1 aromatic carbocycles. The minimum Gasteiger partial charge on any atom is -0.353 e. The normalized spacial score (nSPS) is 17.2. The first-order chi connectivity index (χ1) is 13.1. The van der Waals surface area contributed by atoms with E-state index in [4.69, 9.17) is 0 Å². The second kappa shape index (κ2) is 7.23. The molecule has 1 aliphatic heterocycles. The van der Waals surface area contributed by atoms with E-state index in [2.05, 4.69) is 27.1 Å². The predicted octanol–water partition coefficient (Wildman–Crippen LogP) is 3.68. The highest BCUT2D eigenvalue weighted by molar-refractivity contribution is 5.92. The van der Waals surface area contributed by atoms with Crippen molar-refractivity contribution in [3.8, 4) is 0 Å². The molecule has 2 amide bonds. The third kappa shape index (κ3) is 3.69. The van der Waals surface area contributed by atoms with Gasteiger partial charge in [-0.2, -0.15) is 0 Å². The van der Waals surface area contributed by atoms with E-state index in [0.29, 0.717) is 6.54 Å². The summed E-state index contributed by atoms with van der Waals surface area (Å²) < 4.78 is 0. The predicted molar refractivity (Wildman–Crippen MR) is 108 cm³/mol. The lowest BCUT2D eigenvalue weighted by Crippen LogP contribution is -2.55. The van der Waals surface area contributed by atoms with Crippen LogP contribution < -0.4 is 10.2 Å². The van der Waals surface area contributed by atoms with Gasteiger partial charge < -0.3 is 15.1 Å². The molecule has 6 heteroatoms. The third-order valence-electron chi connectivity index (χ3n) is 4.94. The lowest BCUT2D eigenvalue weighted by molar-refractivity contribution is 0.184. The number of rotatable bonds is 2. The monoisotopic (exact) mass is 361 g/mol. The molecule has 6 nitrogen and oxygen atoms in total. The molecular formula is C21H23N5O. The fourth-order valence-electron chi connectivity index (χ4n) is 3.51. The van der Waals surface area contributed by atoms with Gasteiger partial charge in [-0.15, -0.1) is 0 Å². The second-order valence-electron chi connectivity index (χ2n) is 6.97. The van der Waals surface area contributed by atoms with E-state index in [1.54, 1.807) is 6.20 Å². The van der Waals surface area contributed by atoms with Crippen LogP contribution in [0.25, 0.3) is 10.9 Å². The molecule has 4 rings (SSSR count). The van der Waals surface area contributed by atoms with Gasteiger partial charge in [-0.3, -0.25) is 4.98 Å². The van der Waals surface area contributed by atoms with Crippen LogP contribution in [0.5, 0.6) is 0 Å². The van der Waals surface area contributed by atoms with Gasteiger partial charge in [0.05, 0.1) is 5.52 Å². The van der Waals surface area contributed by atoms with Gasteiger partial charge in [0.2, 0.25) is 0 Å². The van der Waals surface area contributed by atoms with E-state index in [1.807, 2.05) is 60.4 Å². The number of nitrogens with zero attached hydrogens (tertiary/aromatic N) is 4. The third-order valence-corrected chi connectivity index (χ3v) is 4.94.